The summed E-state index contributed by atoms with van der Waals surface area (Å²) in [6.07, 6.45) is 3.46. The number of piperidine rings is 1. The number of likely N-dealkylation sites (tertiary alicyclic amines) is 2. The first-order valence-electron chi connectivity index (χ1n) is 20.9. The number of amides is 1. The van der Waals surface area contributed by atoms with Crippen molar-refractivity contribution in [3.8, 4) is 17.2 Å². The molecule has 0 saturated carbocycles. The fraction of sp³-hybridized carbons (Fsp3) is 0.354. The molecule has 3 N–H and O–H groups in total. The number of methoxy groups -OCH3 is 3. The van der Waals surface area contributed by atoms with Crippen LogP contribution in [0.25, 0.3) is 0 Å². The van der Waals surface area contributed by atoms with Crippen molar-refractivity contribution in [3.63, 3.8) is 0 Å². The predicted molar refractivity (Wildman–Crippen MR) is 234 cm³/mol. The lowest BCUT2D eigenvalue weighted by molar-refractivity contribution is 0.0694. The number of nitrogens with zero attached hydrogens (tertiary/aromatic N) is 4. The minimum absolute atomic E-state index is 0.0334. The molecule has 13 nitrogen and oxygen atoms in total. The number of guanidine groups is 1. The summed E-state index contributed by atoms with van der Waals surface area (Å²) < 4.78 is 22.9. The summed E-state index contributed by atoms with van der Waals surface area (Å²) in [6, 6.07) is 32.9. The number of aliphatic hydroxyl groups excluding tert-OH is 1. The average Bonchev–Trinajstić information content (AvgIpc) is 4.02. The first kappa shape index (κ1) is 41.6. The van der Waals surface area contributed by atoms with Gasteiger partial charge in [0.15, 0.2) is 22.9 Å². The lowest BCUT2D eigenvalue weighted by Gasteiger charge is -2.36. The number of rotatable bonds is 15. The third kappa shape index (κ3) is 8.33. The largest absolute Gasteiger partial charge is 0.493 e. The number of hydrogen-bond donors (Lipinski definition) is 3. The van der Waals surface area contributed by atoms with Gasteiger partial charge in [0, 0.05) is 48.8 Å². The van der Waals surface area contributed by atoms with E-state index in [1.165, 1.54) is 5.56 Å². The molecule has 8 rings (SSSR count). The minimum Gasteiger partial charge on any atom is -0.493 e. The van der Waals surface area contributed by atoms with Crippen LogP contribution in [0, 0.1) is 0 Å². The molecular weight excluding hydrogens is 775 g/mol. The number of carbonyl (C=O) groups excluding carboxylic acids is 1. The fourth-order valence-electron chi connectivity index (χ4n) is 9.45. The molecule has 4 aromatic carbocycles. The number of carboxylic acid groups (broad SMARTS) is 1. The predicted octanol–water partition coefficient (Wildman–Crippen LogP) is 7.32. The van der Waals surface area contributed by atoms with Crippen LogP contribution >= 0.6 is 0 Å². The number of ether oxygens (including phenoxy) is 3. The van der Waals surface area contributed by atoms with Gasteiger partial charge in [0.05, 0.1) is 32.9 Å². The van der Waals surface area contributed by atoms with E-state index >= 15 is 0 Å². The van der Waals surface area contributed by atoms with Gasteiger partial charge in [0.1, 0.15) is 31.1 Å². The van der Waals surface area contributed by atoms with Gasteiger partial charge >= 0.3 is 11.9 Å². The maximum Gasteiger partial charge on any atom is 0.336 e. The van der Waals surface area contributed by atoms with Gasteiger partial charge in [-0.25, -0.2) is 14.3 Å². The highest BCUT2D eigenvalue weighted by Gasteiger charge is 2.48. The van der Waals surface area contributed by atoms with Crippen LogP contribution in [0.3, 0.4) is 0 Å². The van der Waals surface area contributed by atoms with Crippen LogP contribution in [0.2, 0.25) is 0 Å². The van der Waals surface area contributed by atoms with Crippen molar-refractivity contribution in [2.45, 2.75) is 56.8 Å². The Labute approximate surface area is 356 Å². The number of hydrogen-bond acceptors (Lipinski definition) is 9. The van der Waals surface area contributed by atoms with Crippen molar-refractivity contribution >= 4 is 29.2 Å². The summed E-state index contributed by atoms with van der Waals surface area (Å²) in [4.78, 5) is 36.5. The molecule has 0 bridgehead atoms. The topological polar surface area (TPSA) is 146 Å². The third-order valence-electron chi connectivity index (χ3n) is 12.7. The number of quaternary nitrogens is 1. The number of benzene rings is 4. The van der Waals surface area contributed by atoms with E-state index in [0.717, 1.165) is 62.7 Å². The number of anilines is 1. The highest BCUT2D eigenvalue weighted by molar-refractivity contribution is 6.10. The molecule has 2 unspecified atom stereocenters. The van der Waals surface area contributed by atoms with Gasteiger partial charge in [0.25, 0.3) is 5.91 Å². The van der Waals surface area contributed by atoms with E-state index in [9.17, 15) is 19.8 Å². The highest BCUT2D eigenvalue weighted by atomic mass is 16.5. The molecule has 318 valence electrons. The van der Waals surface area contributed by atoms with E-state index in [0.29, 0.717) is 66.1 Å². The summed E-state index contributed by atoms with van der Waals surface area (Å²) in [5, 5.41) is 23.7. The minimum atomic E-state index is -0.981. The maximum atomic E-state index is 14.1. The van der Waals surface area contributed by atoms with Gasteiger partial charge in [-0.15, -0.1) is 0 Å². The second-order valence-electron chi connectivity index (χ2n) is 16.2. The monoisotopic (exact) mass is 828 g/mol. The summed E-state index contributed by atoms with van der Waals surface area (Å²) in [5.41, 5.74) is 4.35. The third-order valence-corrected chi connectivity index (χ3v) is 12.7. The zero-order chi connectivity index (χ0) is 42.6. The Morgan fingerprint density at radius 3 is 2.23 bits per heavy atom. The summed E-state index contributed by atoms with van der Waals surface area (Å²) >= 11 is 0. The second-order valence-corrected chi connectivity index (χ2v) is 16.2. The van der Waals surface area contributed by atoms with Crippen LogP contribution in [0.15, 0.2) is 113 Å². The van der Waals surface area contributed by atoms with E-state index in [1.807, 2.05) is 47.4 Å². The van der Waals surface area contributed by atoms with Crippen LogP contribution < -0.4 is 24.0 Å². The highest BCUT2D eigenvalue weighted by Crippen LogP contribution is 2.44. The fourth-order valence-corrected chi connectivity index (χ4v) is 9.45. The van der Waals surface area contributed by atoms with Crippen molar-refractivity contribution in [2.24, 2.45) is 4.99 Å². The molecule has 5 aromatic rings. The van der Waals surface area contributed by atoms with Crippen LogP contribution in [0.5, 0.6) is 17.2 Å². The first-order chi connectivity index (χ1) is 29.7. The van der Waals surface area contributed by atoms with Crippen LogP contribution in [-0.2, 0) is 25.1 Å². The van der Waals surface area contributed by atoms with Crippen molar-refractivity contribution in [1.29, 1.82) is 0 Å². The zero-order valence-corrected chi connectivity index (χ0v) is 35.0. The SMILES string of the molecule is COc1cc(C(=O)N2CCC(CCN3CCC(N=C4Nc5ccccc5[N+]4(Cc4ccc(CO)o4)Cc4ccccc4C(=O)O)CC3)(c3ccccc3)C2)cc(OC)c1OC. The standard InChI is InChI=1S/C48H53N5O8/c1-58-42-27-34(28-43(59-2)44(42)60-3)45(55)52-26-22-48(32-52,35-12-5-4-6-13-35)21-25-51-23-19-36(20-24-51)49-47-50-40-15-9-10-16-41(40)53(47,30-37-17-18-38(31-54)61-37)29-33-11-7-8-14-39(33)46(56)57/h4-18,27-28,36,54H,19-26,29-32H2,1-3H3,(H-,49,50,56,57)/p+1. The molecular formula is C48H54N5O8+. The molecule has 0 spiro atoms. The Bertz CT molecular complexity index is 2370. The van der Waals surface area contributed by atoms with E-state index in [4.69, 9.17) is 23.6 Å². The normalized spacial score (nSPS) is 21.0. The van der Waals surface area contributed by atoms with Gasteiger partial charge < -0.3 is 38.6 Å². The number of aliphatic imine (C=N–C) groups is 1. The maximum absolute atomic E-state index is 14.1. The number of carbonyl (C=O) groups is 2. The molecule has 2 saturated heterocycles. The second kappa shape index (κ2) is 17.8. The summed E-state index contributed by atoms with van der Waals surface area (Å²) in [7, 11) is 4.65. The van der Waals surface area contributed by atoms with Gasteiger partial charge in [-0.2, -0.15) is 0 Å². The Morgan fingerprint density at radius 2 is 1.54 bits per heavy atom. The number of nitrogens with one attached hydrogen (secondary N) is 1. The first-order valence-corrected chi connectivity index (χ1v) is 20.9. The lowest BCUT2D eigenvalue weighted by atomic mass is 9.76. The Hall–Kier alpha value is -6.15. The number of furan rings is 1. The Kier molecular flexibility index (Phi) is 12.2. The van der Waals surface area contributed by atoms with Gasteiger partial charge in [-0.3, -0.25) is 10.1 Å². The number of aliphatic hydroxyl groups is 1. The molecule has 3 aliphatic rings. The molecule has 1 amide bonds. The molecule has 13 heteroatoms. The van der Waals surface area contributed by atoms with Gasteiger partial charge in [-0.05, 0) is 74.2 Å². The molecule has 0 radical (unpaired) electrons. The average molecular weight is 829 g/mol. The molecule has 2 atom stereocenters. The van der Waals surface area contributed by atoms with Crippen LogP contribution in [0.1, 0.15) is 69.0 Å². The molecule has 1 aromatic heterocycles. The van der Waals surface area contributed by atoms with E-state index in [1.54, 1.807) is 51.7 Å². The molecule has 0 aliphatic carbocycles. The Morgan fingerprint density at radius 1 is 0.852 bits per heavy atom. The van der Waals surface area contributed by atoms with Crippen LogP contribution in [-0.4, -0.2) is 97.9 Å². The van der Waals surface area contributed by atoms with E-state index < -0.39 is 5.97 Å². The van der Waals surface area contributed by atoms with Crippen molar-refractivity contribution in [1.82, 2.24) is 14.3 Å². The lowest BCUT2D eigenvalue weighted by Crippen LogP contribution is -2.53. The molecule has 3 aliphatic heterocycles. The van der Waals surface area contributed by atoms with Crippen molar-refractivity contribution < 1.29 is 38.4 Å². The summed E-state index contributed by atoms with van der Waals surface area (Å²) in [6.45, 7) is 4.34. The summed E-state index contributed by atoms with van der Waals surface area (Å²) in [5.74, 6) is 2.17. The quantitative estimate of drug-likeness (QED) is 0.0918. The number of carboxylic acids is 1. The molecule has 61 heavy (non-hydrogen) atoms. The number of aromatic carboxylic acids is 1. The smallest absolute Gasteiger partial charge is 0.336 e. The van der Waals surface area contributed by atoms with Gasteiger partial charge in [0.2, 0.25) is 5.75 Å². The van der Waals surface area contributed by atoms with E-state index in [-0.39, 0.29) is 34.0 Å². The number of fused-ring (bicyclic) bond motifs is 1. The van der Waals surface area contributed by atoms with E-state index in [2.05, 4.69) is 40.5 Å². The van der Waals surface area contributed by atoms with Crippen molar-refractivity contribution in [2.75, 3.05) is 59.4 Å². The van der Waals surface area contributed by atoms with Crippen LogP contribution in [0.4, 0.5) is 11.4 Å². The number of para-hydroxylation sites is 2. The van der Waals surface area contributed by atoms with Gasteiger partial charge in [-0.1, -0.05) is 60.7 Å². The molecule has 2 fully saturated rings. The molecule has 4 heterocycles. The zero-order valence-electron chi connectivity index (χ0n) is 35.0. The Balaban J connectivity index is 1.01. The van der Waals surface area contributed by atoms with Crippen molar-refractivity contribution in [3.05, 3.63) is 137 Å².